The molecule has 2 N–H and O–H groups in total. The molecule has 0 amide bonds. The Morgan fingerprint density at radius 3 is 2.75 bits per heavy atom. The van der Waals surface area contributed by atoms with Gasteiger partial charge in [0.2, 0.25) is 0 Å². The van der Waals surface area contributed by atoms with E-state index in [4.69, 9.17) is 0 Å². The van der Waals surface area contributed by atoms with Crippen molar-refractivity contribution in [2.75, 3.05) is 0 Å². The molecule has 3 rings (SSSR count). The number of para-hydroxylation sites is 1. The number of pyridine rings is 1. The van der Waals surface area contributed by atoms with E-state index in [1.807, 2.05) is 30.3 Å². The largest absolute Gasteiger partial charge is 0.507 e. The average molecular weight is 210 g/mol. The molecule has 0 spiro atoms. The Balaban J connectivity index is 2.23. The highest BCUT2D eigenvalue weighted by Gasteiger charge is 2.06. The van der Waals surface area contributed by atoms with Crippen LogP contribution in [0.15, 0.2) is 48.7 Å². The van der Waals surface area contributed by atoms with Gasteiger partial charge < -0.3 is 10.1 Å². The van der Waals surface area contributed by atoms with E-state index in [-0.39, 0.29) is 5.75 Å². The van der Waals surface area contributed by atoms with Gasteiger partial charge in [0.15, 0.2) is 0 Å². The molecular formula is C13H10N2O. The van der Waals surface area contributed by atoms with Crippen LogP contribution >= 0.6 is 0 Å². The van der Waals surface area contributed by atoms with Crippen molar-refractivity contribution in [1.82, 2.24) is 9.97 Å². The van der Waals surface area contributed by atoms with E-state index < -0.39 is 0 Å². The van der Waals surface area contributed by atoms with Crippen LogP contribution in [-0.4, -0.2) is 15.1 Å². The maximum absolute atomic E-state index is 9.75. The van der Waals surface area contributed by atoms with Gasteiger partial charge in [-0.25, -0.2) is 4.98 Å². The van der Waals surface area contributed by atoms with Crippen molar-refractivity contribution in [3.8, 4) is 17.0 Å². The Labute approximate surface area is 92.4 Å². The quantitative estimate of drug-likeness (QED) is 0.648. The number of aromatic hydroxyl groups is 1. The molecule has 0 bridgehead atoms. The Kier molecular flexibility index (Phi) is 1.90. The summed E-state index contributed by atoms with van der Waals surface area (Å²) in [6, 6.07) is 13.1. The number of fused-ring (bicyclic) bond motifs is 1. The smallest absolute Gasteiger partial charge is 0.137 e. The Morgan fingerprint density at radius 2 is 1.94 bits per heavy atom. The number of hydrogen-bond acceptors (Lipinski definition) is 2. The molecule has 3 nitrogen and oxygen atoms in total. The lowest BCUT2D eigenvalue weighted by Gasteiger charge is -1.99. The van der Waals surface area contributed by atoms with Crippen LogP contribution in [-0.2, 0) is 0 Å². The van der Waals surface area contributed by atoms with Gasteiger partial charge >= 0.3 is 0 Å². The molecular weight excluding hydrogens is 200 g/mol. The van der Waals surface area contributed by atoms with Crippen molar-refractivity contribution in [3.63, 3.8) is 0 Å². The summed E-state index contributed by atoms with van der Waals surface area (Å²) in [5.74, 6) is 0.272. The fourth-order valence-corrected chi connectivity index (χ4v) is 1.80. The normalized spacial score (nSPS) is 10.8. The summed E-state index contributed by atoms with van der Waals surface area (Å²) < 4.78 is 0. The molecule has 0 saturated carbocycles. The van der Waals surface area contributed by atoms with E-state index in [1.54, 1.807) is 18.3 Å². The fraction of sp³-hybridized carbons (Fsp3) is 0. The van der Waals surface area contributed by atoms with Crippen molar-refractivity contribution in [2.24, 2.45) is 0 Å². The van der Waals surface area contributed by atoms with Gasteiger partial charge in [0.25, 0.3) is 0 Å². The fourth-order valence-electron chi connectivity index (χ4n) is 1.80. The van der Waals surface area contributed by atoms with Crippen LogP contribution in [0.5, 0.6) is 5.75 Å². The first-order valence-corrected chi connectivity index (χ1v) is 5.07. The minimum absolute atomic E-state index is 0.272. The van der Waals surface area contributed by atoms with Gasteiger partial charge in [-0.3, -0.25) is 0 Å². The van der Waals surface area contributed by atoms with E-state index in [2.05, 4.69) is 9.97 Å². The van der Waals surface area contributed by atoms with Gasteiger partial charge in [-0.1, -0.05) is 12.1 Å². The second-order valence-corrected chi connectivity index (χ2v) is 3.64. The third-order valence-corrected chi connectivity index (χ3v) is 2.59. The van der Waals surface area contributed by atoms with E-state index in [9.17, 15) is 5.11 Å². The van der Waals surface area contributed by atoms with Crippen LogP contribution in [0.2, 0.25) is 0 Å². The molecule has 2 aromatic heterocycles. The molecule has 78 valence electrons. The van der Waals surface area contributed by atoms with E-state index in [0.29, 0.717) is 0 Å². The van der Waals surface area contributed by atoms with Gasteiger partial charge in [0.05, 0.1) is 5.69 Å². The summed E-state index contributed by atoms with van der Waals surface area (Å²) in [6.45, 7) is 0. The number of phenolic OH excluding ortho intramolecular Hbond substituents is 1. The highest BCUT2D eigenvalue weighted by atomic mass is 16.3. The van der Waals surface area contributed by atoms with Crippen LogP contribution in [0.25, 0.3) is 22.3 Å². The SMILES string of the molecule is Oc1ccccc1-c1cc2cccnc2[nH]1. The standard InChI is InChI=1S/C13H10N2O/c16-12-6-2-1-5-10(12)11-8-9-4-3-7-14-13(9)15-11/h1-8,16H,(H,14,15). The van der Waals surface area contributed by atoms with E-state index in [1.165, 1.54) is 0 Å². The van der Waals surface area contributed by atoms with Crippen LogP contribution in [0, 0.1) is 0 Å². The second kappa shape index (κ2) is 3.38. The Hall–Kier alpha value is -2.29. The highest BCUT2D eigenvalue weighted by Crippen LogP contribution is 2.29. The first-order chi connectivity index (χ1) is 7.84. The topological polar surface area (TPSA) is 48.9 Å². The molecule has 3 aromatic rings. The number of phenols is 1. The van der Waals surface area contributed by atoms with Gasteiger partial charge in [-0.2, -0.15) is 0 Å². The molecule has 2 heterocycles. The first-order valence-electron chi connectivity index (χ1n) is 5.07. The zero-order valence-corrected chi connectivity index (χ0v) is 8.51. The molecule has 0 aliphatic rings. The van der Waals surface area contributed by atoms with E-state index in [0.717, 1.165) is 22.3 Å². The zero-order valence-electron chi connectivity index (χ0n) is 8.51. The third-order valence-electron chi connectivity index (χ3n) is 2.59. The molecule has 0 fully saturated rings. The number of aromatic nitrogens is 2. The van der Waals surface area contributed by atoms with Crippen molar-refractivity contribution >= 4 is 11.0 Å². The highest BCUT2D eigenvalue weighted by molar-refractivity contribution is 5.84. The van der Waals surface area contributed by atoms with Crippen LogP contribution in [0.3, 0.4) is 0 Å². The summed E-state index contributed by atoms with van der Waals surface area (Å²) in [4.78, 5) is 7.40. The number of rotatable bonds is 1. The first kappa shape index (κ1) is 8.97. The number of aromatic amines is 1. The van der Waals surface area contributed by atoms with Crippen LogP contribution in [0.4, 0.5) is 0 Å². The number of benzene rings is 1. The predicted molar refractivity (Wildman–Crippen MR) is 63.2 cm³/mol. The van der Waals surface area contributed by atoms with Gasteiger partial charge in [-0.15, -0.1) is 0 Å². The molecule has 0 atom stereocenters. The second-order valence-electron chi connectivity index (χ2n) is 3.64. The molecule has 0 radical (unpaired) electrons. The molecule has 3 heteroatoms. The van der Waals surface area contributed by atoms with Crippen molar-refractivity contribution in [3.05, 3.63) is 48.7 Å². The summed E-state index contributed by atoms with van der Waals surface area (Å²) in [7, 11) is 0. The number of nitrogens with one attached hydrogen (secondary N) is 1. The van der Waals surface area contributed by atoms with Crippen molar-refractivity contribution < 1.29 is 5.11 Å². The molecule has 0 unspecified atom stereocenters. The summed E-state index contributed by atoms with van der Waals surface area (Å²) in [6.07, 6.45) is 1.74. The number of nitrogens with zero attached hydrogens (tertiary/aromatic N) is 1. The van der Waals surface area contributed by atoms with Gasteiger partial charge in [0, 0.05) is 17.1 Å². The summed E-state index contributed by atoms with van der Waals surface area (Å²) in [5, 5.41) is 10.8. The molecule has 16 heavy (non-hydrogen) atoms. The number of H-pyrrole nitrogens is 1. The third kappa shape index (κ3) is 1.34. The molecule has 0 aliphatic heterocycles. The van der Waals surface area contributed by atoms with Gasteiger partial charge in [0.1, 0.15) is 11.4 Å². The van der Waals surface area contributed by atoms with Crippen molar-refractivity contribution in [2.45, 2.75) is 0 Å². The predicted octanol–water partition coefficient (Wildman–Crippen LogP) is 2.94. The molecule has 0 aliphatic carbocycles. The van der Waals surface area contributed by atoms with Crippen molar-refractivity contribution in [1.29, 1.82) is 0 Å². The molecule has 1 aromatic carbocycles. The lowest BCUT2D eigenvalue weighted by molar-refractivity contribution is 0.477. The minimum Gasteiger partial charge on any atom is -0.507 e. The minimum atomic E-state index is 0.272. The average Bonchev–Trinajstić information content (AvgIpc) is 2.73. The van der Waals surface area contributed by atoms with Gasteiger partial charge in [-0.05, 0) is 30.3 Å². The maximum Gasteiger partial charge on any atom is 0.137 e. The Morgan fingerprint density at radius 1 is 1.06 bits per heavy atom. The van der Waals surface area contributed by atoms with Crippen LogP contribution in [0.1, 0.15) is 0 Å². The Bertz CT molecular complexity index is 610. The lowest BCUT2D eigenvalue weighted by atomic mass is 10.1. The summed E-state index contributed by atoms with van der Waals surface area (Å²) >= 11 is 0. The maximum atomic E-state index is 9.75. The van der Waals surface area contributed by atoms with E-state index >= 15 is 0 Å². The zero-order chi connectivity index (χ0) is 11.0. The van der Waals surface area contributed by atoms with Crippen LogP contribution < -0.4 is 0 Å². The number of hydrogen-bond donors (Lipinski definition) is 2. The molecule has 0 saturated heterocycles. The monoisotopic (exact) mass is 210 g/mol. The summed E-state index contributed by atoms with van der Waals surface area (Å²) in [5.41, 5.74) is 2.51. The lowest BCUT2D eigenvalue weighted by Crippen LogP contribution is -1.78.